The molecule has 0 fully saturated rings. The van der Waals surface area contributed by atoms with Crippen LogP contribution in [0.3, 0.4) is 0 Å². The second kappa shape index (κ2) is 10.4. The van der Waals surface area contributed by atoms with Crippen LogP contribution in [0.5, 0.6) is 5.75 Å². The number of rotatable bonds is 8. The van der Waals surface area contributed by atoms with Crippen molar-refractivity contribution in [3.8, 4) is 5.75 Å². The van der Waals surface area contributed by atoms with Crippen LogP contribution < -0.4 is 15.2 Å². The maximum absolute atomic E-state index is 13.3. The van der Waals surface area contributed by atoms with E-state index in [9.17, 15) is 13.2 Å². The molecule has 8 nitrogen and oxygen atoms in total. The Kier molecular flexibility index (Phi) is 7.30. The van der Waals surface area contributed by atoms with Crippen molar-refractivity contribution in [2.75, 3.05) is 13.7 Å². The molecule has 1 amide bonds. The molecule has 0 saturated heterocycles. The van der Waals surface area contributed by atoms with Gasteiger partial charge in [0.2, 0.25) is 10.0 Å². The third-order valence-electron chi connectivity index (χ3n) is 6.04. The van der Waals surface area contributed by atoms with Gasteiger partial charge in [-0.2, -0.15) is 5.10 Å². The van der Waals surface area contributed by atoms with Crippen LogP contribution in [-0.2, 0) is 14.8 Å². The Morgan fingerprint density at radius 3 is 2.34 bits per heavy atom. The van der Waals surface area contributed by atoms with Crippen molar-refractivity contribution in [2.24, 2.45) is 10.2 Å². The van der Waals surface area contributed by atoms with Crippen LogP contribution in [-0.4, -0.2) is 38.7 Å². The van der Waals surface area contributed by atoms with Gasteiger partial charge in [0.1, 0.15) is 5.75 Å². The highest BCUT2D eigenvalue weighted by molar-refractivity contribution is 7.89. The lowest BCUT2D eigenvalue weighted by molar-refractivity contribution is -0.132. The number of amides is 1. The molecule has 0 saturated carbocycles. The zero-order valence-corrected chi connectivity index (χ0v) is 20.4. The Balaban J connectivity index is 1.50. The minimum atomic E-state index is -3.75. The molecule has 3 aromatic carbocycles. The van der Waals surface area contributed by atoms with Gasteiger partial charge in [-0.05, 0) is 47.9 Å². The lowest BCUT2D eigenvalue weighted by Gasteiger charge is -2.23. The summed E-state index contributed by atoms with van der Waals surface area (Å²) in [4.78, 5) is 13.3. The number of primary sulfonamides is 1. The van der Waals surface area contributed by atoms with Crippen LogP contribution in [0.1, 0.15) is 42.1 Å². The average Bonchev–Trinajstić information content (AvgIpc) is 3.33. The van der Waals surface area contributed by atoms with Crippen LogP contribution in [0.2, 0.25) is 0 Å². The number of carbonyl (C=O) groups is 1. The molecule has 3 N–H and O–H groups in total. The summed E-state index contributed by atoms with van der Waals surface area (Å²) in [5.41, 5.74) is 3.65. The first-order valence-electron chi connectivity index (χ1n) is 11.2. The Labute approximate surface area is 205 Å². The second-order valence-electron chi connectivity index (χ2n) is 8.36. The summed E-state index contributed by atoms with van der Waals surface area (Å²) in [6.07, 6.45) is 0.604. The number of sulfonamides is 1. The lowest BCUT2D eigenvalue weighted by Crippen LogP contribution is -2.36. The maximum atomic E-state index is 13.3. The molecule has 0 aliphatic carbocycles. The van der Waals surface area contributed by atoms with Crippen LogP contribution in [0.15, 0.2) is 88.9 Å². The molecule has 182 valence electrons. The Bertz CT molecular complexity index is 1310. The van der Waals surface area contributed by atoms with E-state index in [0.717, 1.165) is 28.2 Å². The highest BCUT2D eigenvalue weighted by atomic mass is 32.2. The Morgan fingerprint density at radius 1 is 1.09 bits per heavy atom. The normalized spacial score (nSPS) is 16.6. The summed E-state index contributed by atoms with van der Waals surface area (Å²) < 4.78 is 28.2. The highest BCUT2D eigenvalue weighted by Crippen LogP contribution is 2.33. The first kappa shape index (κ1) is 24.6. The number of carbonyl (C=O) groups excluding carboxylic acids is 1. The number of hydrogen-bond donors (Lipinski definition) is 2. The fourth-order valence-electron chi connectivity index (χ4n) is 4.02. The van der Waals surface area contributed by atoms with E-state index in [0.29, 0.717) is 6.42 Å². The Hall–Kier alpha value is -3.53. The van der Waals surface area contributed by atoms with Crippen molar-refractivity contribution in [3.63, 3.8) is 0 Å². The first-order valence-corrected chi connectivity index (χ1v) is 12.8. The Morgan fingerprint density at radius 2 is 1.74 bits per heavy atom. The van der Waals surface area contributed by atoms with E-state index in [1.807, 2.05) is 61.5 Å². The predicted octanol–water partition coefficient (Wildman–Crippen LogP) is 3.37. The fraction of sp³-hybridized carbons (Fsp3) is 0.231. The number of hydrogen-bond acceptors (Lipinski definition) is 6. The number of methoxy groups -OCH3 is 1. The van der Waals surface area contributed by atoms with Crippen molar-refractivity contribution in [1.29, 1.82) is 0 Å². The molecule has 0 unspecified atom stereocenters. The molecule has 9 heteroatoms. The number of nitrogens with zero attached hydrogens (tertiary/aromatic N) is 2. The van der Waals surface area contributed by atoms with Crippen molar-refractivity contribution < 1.29 is 17.9 Å². The summed E-state index contributed by atoms with van der Waals surface area (Å²) in [7, 11) is -2.13. The first-order chi connectivity index (χ1) is 16.8. The van der Waals surface area contributed by atoms with E-state index < -0.39 is 10.0 Å². The van der Waals surface area contributed by atoms with Gasteiger partial charge in [0, 0.05) is 12.5 Å². The molecule has 0 bridgehead atoms. The van der Waals surface area contributed by atoms with E-state index in [-0.39, 0.29) is 29.4 Å². The van der Waals surface area contributed by atoms with Crippen molar-refractivity contribution in [1.82, 2.24) is 10.3 Å². The molecule has 0 radical (unpaired) electrons. The summed E-state index contributed by atoms with van der Waals surface area (Å²) in [5.74, 6) is 0.586. The maximum Gasteiger partial charge on any atom is 0.257 e. The number of hydrazone groups is 1. The summed E-state index contributed by atoms with van der Waals surface area (Å²) in [6.45, 7) is 1.97. The van der Waals surface area contributed by atoms with Crippen molar-refractivity contribution in [3.05, 3.63) is 95.6 Å². The van der Waals surface area contributed by atoms with Gasteiger partial charge in [0.05, 0.1) is 30.3 Å². The molecular formula is C26H28N4O4S. The van der Waals surface area contributed by atoms with E-state index in [4.69, 9.17) is 15.0 Å². The molecule has 4 rings (SSSR count). The van der Waals surface area contributed by atoms with Crippen LogP contribution in [0.4, 0.5) is 0 Å². The van der Waals surface area contributed by atoms with Gasteiger partial charge < -0.3 is 10.1 Å². The van der Waals surface area contributed by atoms with Gasteiger partial charge in [-0.1, -0.05) is 54.6 Å². The monoisotopic (exact) mass is 492 g/mol. The summed E-state index contributed by atoms with van der Waals surface area (Å²) >= 11 is 0. The summed E-state index contributed by atoms with van der Waals surface area (Å²) in [6, 6.07) is 23.4. The molecule has 3 aromatic rings. The molecule has 1 aliphatic heterocycles. The van der Waals surface area contributed by atoms with Gasteiger partial charge in [0.15, 0.2) is 0 Å². The quantitative estimate of drug-likeness (QED) is 0.500. The highest BCUT2D eigenvalue weighted by Gasteiger charge is 2.33. The zero-order chi connectivity index (χ0) is 25.0. The van der Waals surface area contributed by atoms with Crippen molar-refractivity contribution in [2.45, 2.75) is 30.3 Å². The zero-order valence-electron chi connectivity index (χ0n) is 19.6. The predicted molar refractivity (Wildman–Crippen MR) is 134 cm³/mol. The lowest BCUT2D eigenvalue weighted by atomic mass is 9.98. The van der Waals surface area contributed by atoms with E-state index in [2.05, 4.69) is 5.32 Å². The molecule has 35 heavy (non-hydrogen) atoms. The second-order valence-corrected chi connectivity index (χ2v) is 9.92. The topological polar surface area (TPSA) is 114 Å². The third kappa shape index (κ3) is 5.76. The van der Waals surface area contributed by atoms with Crippen LogP contribution in [0.25, 0.3) is 0 Å². The minimum Gasteiger partial charge on any atom is -0.497 e. The largest absolute Gasteiger partial charge is 0.497 e. The summed E-state index contributed by atoms with van der Waals surface area (Å²) in [5, 5.41) is 14.6. The number of nitrogens with one attached hydrogen (secondary N) is 1. The average molecular weight is 493 g/mol. The van der Waals surface area contributed by atoms with Gasteiger partial charge in [0.25, 0.3) is 5.91 Å². The number of ether oxygens (including phenoxy) is 1. The molecule has 0 spiro atoms. The van der Waals surface area contributed by atoms with E-state index in [1.54, 1.807) is 24.3 Å². The SMILES string of the molecule is COc1ccc([C@@H]2CC(c3ccccc3)=NN2C(=O)CN[C@H](C)c2ccc(S(N)(=O)=O)cc2)cc1. The van der Waals surface area contributed by atoms with Crippen LogP contribution >= 0.6 is 0 Å². The smallest absolute Gasteiger partial charge is 0.257 e. The molecular weight excluding hydrogens is 464 g/mol. The van der Waals surface area contributed by atoms with Gasteiger partial charge >= 0.3 is 0 Å². The molecule has 1 heterocycles. The van der Waals surface area contributed by atoms with Gasteiger partial charge in [-0.3, -0.25) is 4.79 Å². The minimum absolute atomic E-state index is 0.0479. The van der Waals surface area contributed by atoms with Gasteiger partial charge in [-0.15, -0.1) is 0 Å². The number of benzene rings is 3. The molecule has 1 aliphatic rings. The third-order valence-corrected chi connectivity index (χ3v) is 6.97. The van der Waals surface area contributed by atoms with Crippen molar-refractivity contribution >= 4 is 21.6 Å². The van der Waals surface area contributed by atoms with Crippen LogP contribution in [0, 0.1) is 0 Å². The standard InChI is InChI=1S/C26H28N4O4S/c1-18(19-10-14-23(15-11-19)35(27,32)33)28-17-26(31)30-25(21-8-12-22(34-2)13-9-21)16-24(29-30)20-6-4-3-5-7-20/h3-15,18,25,28H,16-17H2,1-2H3,(H2,27,32,33)/t18-,25+/m1/s1. The number of nitrogens with two attached hydrogens (primary N) is 1. The van der Waals surface area contributed by atoms with Gasteiger partial charge in [-0.25, -0.2) is 18.6 Å². The molecule has 0 aromatic heterocycles. The van der Waals surface area contributed by atoms with E-state index in [1.165, 1.54) is 12.1 Å². The van der Waals surface area contributed by atoms with E-state index >= 15 is 0 Å². The molecule has 2 atom stereocenters. The fourth-order valence-corrected chi connectivity index (χ4v) is 4.53.